The van der Waals surface area contributed by atoms with Crippen molar-refractivity contribution in [3.63, 3.8) is 0 Å². The van der Waals surface area contributed by atoms with E-state index in [-0.39, 0.29) is 22.7 Å². The van der Waals surface area contributed by atoms with E-state index in [9.17, 15) is 0 Å². The topological polar surface area (TPSA) is 36.9 Å². The van der Waals surface area contributed by atoms with E-state index in [1.165, 1.54) is 0 Å². The summed E-state index contributed by atoms with van der Waals surface area (Å²) in [7, 11) is 0. The highest BCUT2D eigenvalue weighted by Crippen LogP contribution is 2.56. The second-order valence-electron chi connectivity index (χ2n) is 10.4. The van der Waals surface area contributed by atoms with Crippen molar-refractivity contribution >= 4 is 0 Å². The molecule has 0 aromatic rings. The van der Waals surface area contributed by atoms with E-state index in [1.54, 1.807) is 0 Å². The summed E-state index contributed by atoms with van der Waals surface area (Å²) in [5, 5.41) is 0. The third kappa shape index (κ3) is 2.84. The quantitative estimate of drug-likeness (QED) is 0.548. The van der Waals surface area contributed by atoms with E-state index in [2.05, 4.69) is 55.4 Å². The minimum Gasteiger partial charge on any atom is -0.195 e. The van der Waals surface area contributed by atoms with E-state index in [0.29, 0.717) is 11.8 Å². The van der Waals surface area contributed by atoms with Crippen LogP contribution in [0.5, 0.6) is 0 Å². The highest BCUT2D eigenvalue weighted by molar-refractivity contribution is 4.96. The highest BCUT2D eigenvalue weighted by atomic mass is 17.4. The van der Waals surface area contributed by atoms with Crippen LogP contribution in [0.3, 0.4) is 0 Å². The molecular weight excluding hydrogens is 304 g/mol. The van der Waals surface area contributed by atoms with Gasteiger partial charge < -0.3 is 0 Å². The fraction of sp³-hybridized carbons (Fsp3) is 1.00. The lowest BCUT2D eigenvalue weighted by atomic mass is 9.63. The molecule has 1 heterocycles. The fourth-order valence-electron chi connectivity index (χ4n) is 4.78. The maximum absolute atomic E-state index is 6.05. The van der Waals surface area contributed by atoms with E-state index in [0.717, 1.165) is 25.7 Å². The van der Waals surface area contributed by atoms with Crippen LogP contribution in [-0.4, -0.2) is 11.6 Å². The Morgan fingerprint density at radius 3 is 1.12 bits per heavy atom. The zero-order chi connectivity index (χ0) is 18.0. The second kappa shape index (κ2) is 5.67. The highest BCUT2D eigenvalue weighted by Gasteiger charge is 2.61. The maximum Gasteiger partial charge on any atom is 0.237 e. The van der Waals surface area contributed by atoms with Gasteiger partial charge in [-0.3, -0.25) is 0 Å². The van der Waals surface area contributed by atoms with Gasteiger partial charge in [-0.15, -0.1) is 0 Å². The molecular formula is C20H36O4. The Labute approximate surface area is 147 Å². The number of hydrogen-bond donors (Lipinski definition) is 0. The first-order chi connectivity index (χ1) is 10.9. The van der Waals surface area contributed by atoms with Crippen LogP contribution in [-0.2, 0) is 19.6 Å². The lowest BCUT2D eigenvalue weighted by Gasteiger charge is -2.56. The molecule has 0 amide bonds. The van der Waals surface area contributed by atoms with Gasteiger partial charge >= 0.3 is 0 Å². The average Bonchev–Trinajstić information content (AvgIpc) is 2.46. The normalized spacial score (nSPS) is 51.0. The van der Waals surface area contributed by atoms with Crippen LogP contribution in [0.15, 0.2) is 0 Å². The monoisotopic (exact) mass is 340 g/mol. The average molecular weight is 341 g/mol. The molecule has 3 fully saturated rings. The predicted octanol–water partition coefficient (Wildman–Crippen LogP) is 5.47. The summed E-state index contributed by atoms with van der Waals surface area (Å²) in [4.78, 5) is 24.2. The van der Waals surface area contributed by atoms with Crippen LogP contribution in [0.2, 0.25) is 0 Å². The van der Waals surface area contributed by atoms with Gasteiger partial charge in [0.25, 0.3) is 0 Å². The molecule has 1 saturated heterocycles. The Morgan fingerprint density at radius 1 is 0.542 bits per heavy atom. The first kappa shape index (κ1) is 18.6. The van der Waals surface area contributed by atoms with E-state index >= 15 is 0 Å². The fourth-order valence-corrected chi connectivity index (χ4v) is 4.78. The van der Waals surface area contributed by atoms with Gasteiger partial charge in [-0.25, -0.2) is 0 Å². The van der Waals surface area contributed by atoms with Gasteiger partial charge in [-0.2, -0.15) is 19.6 Å². The van der Waals surface area contributed by atoms with Gasteiger partial charge in [0.05, 0.1) is 0 Å². The molecule has 24 heavy (non-hydrogen) atoms. The second-order valence-corrected chi connectivity index (χ2v) is 10.4. The van der Waals surface area contributed by atoms with Gasteiger partial charge in [0.1, 0.15) is 0 Å². The van der Waals surface area contributed by atoms with Gasteiger partial charge in [0, 0.05) is 24.7 Å². The smallest absolute Gasteiger partial charge is 0.195 e. The Hall–Kier alpha value is -0.160. The van der Waals surface area contributed by atoms with Crippen LogP contribution in [0.4, 0.5) is 0 Å². The molecule has 4 nitrogen and oxygen atoms in total. The molecule has 2 aliphatic carbocycles. The summed E-state index contributed by atoms with van der Waals surface area (Å²) >= 11 is 0. The zero-order valence-electron chi connectivity index (χ0n) is 16.8. The molecule has 2 spiro atoms. The standard InChI is InChI=1S/C20H36O4/c1-13-9-15(3)19(11-17(13,5)6)21-23-20(24-22-19)12-18(7,8)14(2)10-16(20)4/h13-16H,9-12H2,1-8H3. The number of hydrogen-bond acceptors (Lipinski definition) is 4. The molecule has 0 bridgehead atoms. The van der Waals surface area contributed by atoms with Crippen LogP contribution in [0.1, 0.15) is 81.1 Å². The van der Waals surface area contributed by atoms with Crippen molar-refractivity contribution in [2.45, 2.75) is 92.6 Å². The summed E-state index contributed by atoms with van der Waals surface area (Å²) in [5.74, 6) is 0.152. The SMILES string of the molecule is CC1CC(C)C2(CC1(C)C)OOC1(CC(C)(C)C(C)CC1C)OO2. The van der Waals surface area contributed by atoms with Gasteiger partial charge in [-0.1, -0.05) is 55.4 Å². The Bertz CT molecular complexity index is 432. The summed E-state index contributed by atoms with van der Waals surface area (Å²) in [5.41, 5.74) is 0.269. The van der Waals surface area contributed by atoms with Gasteiger partial charge in [0.15, 0.2) is 0 Å². The van der Waals surface area contributed by atoms with Crippen LogP contribution < -0.4 is 0 Å². The summed E-state index contributed by atoms with van der Waals surface area (Å²) in [6.45, 7) is 18.1. The van der Waals surface area contributed by atoms with Crippen LogP contribution in [0, 0.1) is 34.5 Å². The minimum atomic E-state index is -0.784. The third-order valence-corrected chi connectivity index (χ3v) is 7.64. The molecule has 0 aromatic carbocycles. The predicted molar refractivity (Wildman–Crippen MR) is 92.5 cm³/mol. The Balaban J connectivity index is 1.78. The first-order valence-electron chi connectivity index (χ1n) is 9.66. The molecule has 2 saturated carbocycles. The van der Waals surface area contributed by atoms with Gasteiger partial charge in [-0.05, 0) is 35.5 Å². The van der Waals surface area contributed by atoms with Crippen LogP contribution >= 0.6 is 0 Å². The van der Waals surface area contributed by atoms with Crippen LogP contribution in [0.25, 0.3) is 0 Å². The molecule has 4 heteroatoms. The summed E-state index contributed by atoms with van der Waals surface area (Å²) in [6, 6.07) is 0. The molecule has 3 aliphatic rings. The van der Waals surface area contributed by atoms with Crippen molar-refractivity contribution in [2.75, 3.05) is 0 Å². The molecule has 0 aromatic heterocycles. The van der Waals surface area contributed by atoms with Crippen molar-refractivity contribution in [3.8, 4) is 0 Å². The van der Waals surface area contributed by atoms with Crippen molar-refractivity contribution in [1.82, 2.24) is 0 Å². The molecule has 140 valence electrons. The Kier molecular flexibility index (Phi) is 4.40. The lowest BCUT2D eigenvalue weighted by molar-refractivity contribution is -0.679. The third-order valence-electron chi connectivity index (χ3n) is 7.64. The van der Waals surface area contributed by atoms with E-state index < -0.39 is 11.6 Å². The molecule has 0 N–H and O–H groups in total. The van der Waals surface area contributed by atoms with Crippen molar-refractivity contribution in [3.05, 3.63) is 0 Å². The van der Waals surface area contributed by atoms with Gasteiger partial charge in [0.2, 0.25) is 11.6 Å². The summed E-state index contributed by atoms with van der Waals surface area (Å²) in [6.07, 6.45) is 3.66. The van der Waals surface area contributed by atoms with Crippen molar-refractivity contribution < 1.29 is 19.6 Å². The van der Waals surface area contributed by atoms with E-state index in [4.69, 9.17) is 19.6 Å². The number of rotatable bonds is 0. The first-order valence-corrected chi connectivity index (χ1v) is 9.66. The zero-order valence-corrected chi connectivity index (χ0v) is 16.8. The summed E-state index contributed by atoms with van der Waals surface area (Å²) < 4.78 is 0. The van der Waals surface area contributed by atoms with Crippen molar-refractivity contribution in [1.29, 1.82) is 0 Å². The molecule has 4 atom stereocenters. The maximum atomic E-state index is 6.05. The molecule has 0 radical (unpaired) electrons. The molecule has 3 rings (SSSR count). The minimum absolute atomic E-state index is 0.135. The largest absolute Gasteiger partial charge is 0.237 e. The van der Waals surface area contributed by atoms with Crippen molar-refractivity contribution in [2.24, 2.45) is 34.5 Å². The molecule has 1 aliphatic heterocycles. The lowest BCUT2D eigenvalue weighted by Crippen LogP contribution is -2.62. The Morgan fingerprint density at radius 2 is 0.833 bits per heavy atom. The molecule has 4 unspecified atom stereocenters. The van der Waals surface area contributed by atoms with E-state index in [1.807, 2.05) is 0 Å².